The summed E-state index contributed by atoms with van der Waals surface area (Å²) >= 11 is 5.57. The number of halogens is 1. The highest BCUT2D eigenvalue weighted by molar-refractivity contribution is 6.28. The Kier molecular flexibility index (Phi) is 2.64. The molecule has 2 heterocycles. The van der Waals surface area contributed by atoms with Crippen molar-refractivity contribution in [2.45, 2.75) is 0 Å². The monoisotopic (exact) mass is 222 g/mol. The number of anilines is 1. The van der Waals surface area contributed by atoms with Crippen LogP contribution in [0.1, 0.15) is 10.5 Å². The van der Waals surface area contributed by atoms with Crippen LogP contribution in [0, 0.1) is 0 Å². The molecule has 0 aliphatic heterocycles. The summed E-state index contributed by atoms with van der Waals surface area (Å²) in [6.07, 6.45) is 3.14. The Morgan fingerprint density at radius 1 is 1.47 bits per heavy atom. The average Bonchev–Trinajstić information content (AvgIpc) is 2.70. The van der Waals surface area contributed by atoms with Crippen molar-refractivity contribution in [3.8, 4) is 0 Å². The molecule has 76 valence electrons. The fourth-order valence-electron chi connectivity index (χ4n) is 1.06. The third-order valence-electron chi connectivity index (χ3n) is 1.71. The summed E-state index contributed by atoms with van der Waals surface area (Å²) in [5.74, 6) is 0.101. The number of aromatic nitrogens is 3. The van der Waals surface area contributed by atoms with Gasteiger partial charge in [0.2, 0.25) is 5.28 Å². The standard InChI is InChI=1S/C9H7ClN4O/c10-9-12-5-3-7(14-9)13-8(15)6-2-1-4-11-6/h1-5,11H,(H,12,13,14,15). The molecular formula is C9H7ClN4O. The second-order valence-electron chi connectivity index (χ2n) is 2.75. The lowest BCUT2D eigenvalue weighted by Crippen LogP contribution is -2.13. The predicted molar refractivity (Wildman–Crippen MR) is 55.8 cm³/mol. The third-order valence-corrected chi connectivity index (χ3v) is 1.89. The van der Waals surface area contributed by atoms with Gasteiger partial charge in [-0.2, -0.15) is 0 Å². The van der Waals surface area contributed by atoms with Crippen molar-refractivity contribution in [2.75, 3.05) is 5.32 Å². The van der Waals surface area contributed by atoms with Crippen LogP contribution in [0.2, 0.25) is 5.28 Å². The molecule has 0 fully saturated rings. The maximum Gasteiger partial charge on any atom is 0.273 e. The number of aromatic amines is 1. The molecule has 6 heteroatoms. The molecular weight excluding hydrogens is 216 g/mol. The minimum absolute atomic E-state index is 0.0966. The molecule has 2 aromatic heterocycles. The molecule has 0 aliphatic rings. The number of nitrogens with zero attached hydrogens (tertiary/aromatic N) is 2. The summed E-state index contributed by atoms with van der Waals surface area (Å²) in [4.78, 5) is 21.9. The van der Waals surface area contributed by atoms with Crippen molar-refractivity contribution < 1.29 is 4.79 Å². The maximum atomic E-state index is 11.5. The second-order valence-corrected chi connectivity index (χ2v) is 3.09. The number of H-pyrrole nitrogens is 1. The largest absolute Gasteiger partial charge is 0.357 e. The van der Waals surface area contributed by atoms with Crippen LogP contribution in [0.25, 0.3) is 0 Å². The zero-order chi connectivity index (χ0) is 10.7. The molecule has 0 spiro atoms. The summed E-state index contributed by atoms with van der Waals surface area (Å²) in [6.45, 7) is 0. The number of nitrogens with one attached hydrogen (secondary N) is 2. The van der Waals surface area contributed by atoms with Gasteiger partial charge in [-0.05, 0) is 29.8 Å². The van der Waals surface area contributed by atoms with Crippen LogP contribution in [0.4, 0.5) is 5.82 Å². The molecule has 0 aliphatic carbocycles. The van der Waals surface area contributed by atoms with E-state index >= 15 is 0 Å². The normalized spacial score (nSPS) is 9.93. The number of hydrogen-bond acceptors (Lipinski definition) is 3. The molecule has 5 nitrogen and oxygen atoms in total. The number of carbonyl (C=O) groups excluding carboxylic acids is 1. The van der Waals surface area contributed by atoms with Crippen molar-refractivity contribution in [2.24, 2.45) is 0 Å². The van der Waals surface area contributed by atoms with Crippen molar-refractivity contribution in [3.63, 3.8) is 0 Å². The Morgan fingerprint density at radius 2 is 2.33 bits per heavy atom. The summed E-state index contributed by atoms with van der Waals surface area (Å²) in [6, 6.07) is 4.96. The van der Waals surface area contributed by atoms with E-state index in [0.717, 1.165) is 0 Å². The lowest BCUT2D eigenvalue weighted by molar-refractivity contribution is 0.102. The van der Waals surface area contributed by atoms with E-state index in [-0.39, 0.29) is 11.2 Å². The SMILES string of the molecule is O=C(Nc1ccnc(Cl)n1)c1ccc[nH]1. The summed E-state index contributed by atoms with van der Waals surface area (Å²) in [5.41, 5.74) is 0.463. The van der Waals surface area contributed by atoms with Crippen LogP contribution in [-0.2, 0) is 0 Å². The van der Waals surface area contributed by atoms with Gasteiger partial charge >= 0.3 is 0 Å². The van der Waals surface area contributed by atoms with E-state index in [4.69, 9.17) is 11.6 Å². The van der Waals surface area contributed by atoms with E-state index < -0.39 is 0 Å². The molecule has 2 N–H and O–H groups in total. The maximum absolute atomic E-state index is 11.5. The molecule has 0 radical (unpaired) electrons. The van der Waals surface area contributed by atoms with Gasteiger partial charge in [0.05, 0.1) is 0 Å². The van der Waals surface area contributed by atoms with Crippen LogP contribution < -0.4 is 5.32 Å². The van der Waals surface area contributed by atoms with E-state index in [2.05, 4.69) is 20.3 Å². The van der Waals surface area contributed by atoms with E-state index in [1.807, 2.05) is 0 Å². The van der Waals surface area contributed by atoms with Crippen molar-refractivity contribution >= 4 is 23.3 Å². The number of carbonyl (C=O) groups is 1. The minimum Gasteiger partial charge on any atom is -0.357 e. The quantitative estimate of drug-likeness (QED) is 0.760. The van der Waals surface area contributed by atoms with Gasteiger partial charge in [-0.25, -0.2) is 9.97 Å². The van der Waals surface area contributed by atoms with Gasteiger partial charge in [0.25, 0.3) is 5.91 Å². The highest BCUT2D eigenvalue weighted by Gasteiger charge is 2.06. The highest BCUT2D eigenvalue weighted by Crippen LogP contribution is 2.07. The average molecular weight is 223 g/mol. The van der Waals surface area contributed by atoms with Crippen LogP contribution in [0.5, 0.6) is 0 Å². The van der Waals surface area contributed by atoms with Crippen LogP contribution in [0.3, 0.4) is 0 Å². The van der Waals surface area contributed by atoms with Crippen LogP contribution in [-0.4, -0.2) is 20.9 Å². The predicted octanol–water partition coefficient (Wildman–Crippen LogP) is 1.71. The first-order valence-electron chi connectivity index (χ1n) is 4.19. The smallest absolute Gasteiger partial charge is 0.273 e. The second kappa shape index (κ2) is 4.10. The van der Waals surface area contributed by atoms with Gasteiger partial charge in [-0.1, -0.05) is 0 Å². The number of rotatable bonds is 2. The Morgan fingerprint density at radius 3 is 3.00 bits per heavy atom. The lowest BCUT2D eigenvalue weighted by atomic mass is 10.4. The van der Waals surface area contributed by atoms with Gasteiger partial charge in [0, 0.05) is 12.4 Å². The summed E-state index contributed by atoms with van der Waals surface area (Å²) in [7, 11) is 0. The molecule has 0 saturated carbocycles. The van der Waals surface area contributed by atoms with E-state index in [1.54, 1.807) is 24.4 Å². The zero-order valence-electron chi connectivity index (χ0n) is 7.57. The fraction of sp³-hybridized carbons (Fsp3) is 0. The molecule has 0 atom stereocenters. The minimum atomic E-state index is -0.269. The first kappa shape index (κ1) is 9.67. The van der Waals surface area contributed by atoms with E-state index in [1.165, 1.54) is 6.20 Å². The molecule has 0 unspecified atom stereocenters. The Balaban J connectivity index is 2.13. The Bertz CT molecular complexity index is 469. The Labute approximate surface area is 90.5 Å². The first-order chi connectivity index (χ1) is 7.25. The molecule has 0 aromatic carbocycles. The molecule has 0 saturated heterocycles. The zero-order valence-corrected chi connectivity index (χ0v) is 8.32. The van der Waals surface area contributed by atoms with Gasteiger partial charge in [-0.15, -0.1) is 0 Å². The van der Waals surface area contributed by atoms with Gasteiger partial charge in [-0.3, -0.25) is 4.79 Å². The summed E-state index contributed by atoms with van der Waals surface area (Å²) < 4.78 is 0. The molecule has 0 bridgehead atoms. The Hall–Kier alpha value is -1.88. The van der Waals surface area contributed by atoms with Crippen molar-refractivity contribution in [1.29, 1.82) is 0 Å². The van der Waals surface area contributed by atoms with Gasteiger partial charge in [0.15, 0.2) is 0 Å². The van der Waals surface area contributed by atoms with Gasteiger partial charge < -0.3 is 10.3 Å². The first-order valence-corrected chi connectivity index (χ1v) is 4.57. The summed E-state index contributed by atoms with van der Waals surface area (Å²) in [5, 5.41) is 2.68. The molecule has 15 heavy (non-hydrogen) atoms. The number of hydrogen-bond donors (Lipinski definition) is 2. The van der Waals surface area contributed by atoms with Gasteiger partial charge in [0.1, 0.15) is 11.5 Å². The number of amides is 1. The lowest BCUT2D eigenvalue weighted by Gasteiger charge is -2.01. The topological polar surface area (TPSA) is 70.7 Å². The third kappa shape index (κ3) is 2.32. The fourth-order valence-corrected chi connectivity index (χ4v) is 1.21. The molecule has 2 rings (SSSR count). The van der Waals surface area contributed by atoms with Crippen molar-refractivity contribution in [3.05, 3.63) is 41.6 Å². The van der Waals surface area contributed by atoms with Crippen molar-refractivity contribution in [1.82, 2.24) is 15.0 Å². The van der Waals surface area contributed by atoms with Crippen LogP contribution >= 0.6 is 11.6 Å². The highest BCUT2D eigenvalue weighted by atomic mass is 35.5. The van der Waals surface area contributed by atoms with E-state index in [0.29, 0.717) is 11.5 Å². The van der Waals surface area contributed by atoms with E-state index in [9.17, 15) is 4.79 Å². The van der Waals surface area contributed by atoms with Crippen LogP contribution in [0.15, 0.2) is 30.6 Å². The molecule has 2 aromatic rings. The molecule has 1 amide bonds.